The van der Waals surface area contributed by atoms with Crippen LogP contribution in [0.5, 0.6) is 0 Å². The number of pyridine rings is 1. The monoisotopic (exact) mass is 403 g/mol. The van der Waals surface area contributed by atoms with Crippen LogP contribution in [0.15, 0.2) is 54.7 Å². The molecule has 2 unspecified atom stereocenters. The maximum atomic E-state index is 13.5. The molecule has 0 saturated carbocycles. The highest BCUT2D eigenvalue weighted by molar-refractivity contribution is 6.03. The van der Waals surface area contributed by atoms with Crippen LogP contribution in [0, 0.1) is 25.7 Å². The van der Waals surface area contributed by atoms with E-state index in [1.54, 1.807) is 23.0 Å². The third-order valence-corrected chi connectivity index (χ3v) is 6.69. The lowest BCUT2D eigenvalue weighted by Crippen LogP contribution is -2.44. The van der Waals surface area contributed by atoms with Crippen molar-refractivity contribution in [1.82, 2.24) is 9.88 Å². The number of benzene rings is 1. The SMILES string of the molecule is Cc1ccc(N2C[C@@]34C=C[C@@H](O3)C(C(=O)N(C)Cc3ccccn3)C4C2=O)cc1C. The molecule has 2 saturated heterocycles. The normalized spacial score (nSPS) is 28.8. The molecule has 0 aliphatic carbocycles. The van der Waals surface area contributed by atoms with Crippen LogP contribution in [0.3, 0.4) is 0 Å². The van der Waals surface area contributed by atoms with E-state index >= 15 is 0 Å². The number of hydrogen-bond acceptors (Lipinski definition) is 4. The molecular formula is C24H25N3O3. The van der Waals surface area contributed by atoms with Crippen LogP contribution >= 0.6 is 0 Å². The zero-order valence-electron chi connectivity index (χ0n) is 17.4. The van der Waals surface area contributed by atoms with E-state index in [0.717, 1.165) is 16.9 Å². The second-order valence-electron chi connectivity index (χ2n) is 8.61. The standard InChI is InChI=1S/C24H25N3O3/c1-15-7-8-18(12-16(15)2)27-14-24-10-9-19(30-24)20(21(24)23(27)29)22(28)26(3)13-17-6-4-5-11-25-17/h4-12,19-21H,13-14H2,1-3H3/t19-,20?,21?,24-/m1/s1. The first kappa shape index (κ1) is 19.0. The van der Waals surface area contributed by atoms with Crippen molar-refractivity contribution in [1.29, 1.82) is 0 Å². The summed E-state index contributed by atoms with van der Waals surface area (Å²) in [5.74, 6) is -1.10. The largest absolute Gasteiger partial charge is 0.360 e. The molecule has 6 heteroatoms. The highest BCUT2D eigenvalue weighted by Crippen LogP contribution is 2.53. The Bertz CT molecular complexity index is 1050. The third-order valence-electron chi connectivity index (χ3n) is 6.69. The van der Waals surface area contributed by atoms with Crippen molar-refractivity contribution in [3.63, 3.8) is 0 Å². The number of nitrogens with zero attached hydrogens (tertiary/aromatic N) is 3. The summed E-state index contributed by atoms with van der Waals surface area (Å²) < 4.78 is 6.26. The van der Waals surface area contributed by atoms with Crippen LogP contribution in [0.25, 0.3) is 0 Å². The number of carbonyl (C=O) groups is 2. The molecule has 0 N–H and O–H groups in total. The van der Waals surface area contributed by atoms with Crippen LogP contribution in [0.1, 0.15) is 16.8 Å². The molecule has 6 nitrogen and oxygen atoms in total. The van der Waals surface area contributed by atoms with Gasteiger partial charge in [-0.3, -0.25) is 14.6 Å². The third kappa shape index (κ3) is 2.78. The highest BCUT2D eigenvalue weighted by atomic mass is 16.5. The van der Waals surface area contributed by atoms with Crippen molar-refractivity contribution in [3.05, 3.63) is 71.6 Å². The summed E-state index contributed by atoms with van der Waals surface area (Å²) in [6.45, 7) is 4.94. The first-order valence-corrected chi connectivity index (χ1v) is 10.3. The van der Waals surface area contributed by atoms with E-state index < -0.39 is 17.4 Å². The van der Waals surface area contributed by atoms with Gasteiger partial charge in [0.1, 0.15) is 5.60 Å². The number of carbonyl (C=O) groups excluding carboxylic acids is 2. The average Bonchev–Trinajstić information content (AvgIpc) is 3.38. The maximum Gasteiger partial charge on any atom is 0.234 e. The molecule has 1 aromatic carbocycles. The Hall–Kier alpha value is -2.99. The fourth-order valence-electron chi connectivity index (χ4n) is 4.96. The van der Waals surface area contributed by atoms with Gasteiger partial charge < -0.3 is 14.5 Å². The Balaban J connectivity index is 1.42. The fraction of sp³-hybridized carbons (Fsp3) is 0.375. The average molecular weight is 403 g/mol. The van der Waals surface area contributed by atoms with E-state index in [4.69, 9.17) is 4.74 Å². The Morgan fingerprint density at radius 3 is 2.83 bits per heavy atom. The summed E-state index contributed by atoms with van der Waals surface area (Å²) in [4.78, 5) is 34.6. The quantitative estimate of drug-likeness (QED) is 0.737. The summed E-state index contributed by atoms with van der Waals surface area (Å²) >= 11 is 0. The smallest absolute Gasteiger partial charge is 0.234 e. The number of amides is 2. The summed E-state index contributed by atoms with van der Waals surface area (Å²) in [7, 11) is 1.76. The predicted molar refractivity (Wildman–Crippen MR) is 113 cm³/mol. The lowest BCUT2D eigenvalue weighted by atomic mass is 9.76. The van der Waals surface area contributed by atoms with Crippen molar-refractivity contribution < 1.29 is 14.3 Å². The number of ether oxygens (including phenoxy) is 1. The molecule has 5 rings (SSSR count). The van der Waals surface area contributed by atoms with Gasteiger partial charge in [-0.2, -0.15) is 0 Å². The molecule has 2 bridgehead atoms. The summed E-state index contributed by atoms with van der Waals surface area (Å²) in [5, 5.41) is 0. The van der Waals surface area contributed by atoms with E-state index in [1.165, 1.54) is 5.56 Å². The molecule has 4 atom stereocenters. The zero-order chi connectivity index (χ0) is 21.0. The Morgan fingerprint density at radius 1 is 1.27 bits per heavy atom. The van der Waals surface area contributed by atoms with Gasteiger partial charge in [-0.15, -0.1) is 0 Å². The summed E-state index contributed by atoms with van der Waals surface area (Å²) in [6, 6.07) is 11.7. The molecule has 3 aliphatic heterocycles. The van der Waals surface area contributed by atoms with Gasteiger partial charge in [0, 0.05) is 18.9 Å². The van der Waals surface area contributed by atoms with E-state index in [1.807, 2.05) is 55.5 Å². The van der Waals surface area contributed by atoms with Gasteiger partial charge in [-0.25, -0.2) is 0 Å². The maximum absolute atomic E-state index is 13.5. The molecule has 154 valence electrons. The minimum absolute atomic E-state index is 0.0327. The molecular weight excluding hydrogens is 378 g/mol. The van der Waals surface area contributed by atoms with Gasteiger partial charge >= 0.3 is 0 Å². The van der Waals surface area contributed by atoms with E-state index in [2.05, 4.69) is 11.9 Å². The molecule has 2 amide bonds. The molecule has 30 heavy (non-hydrogen) atoms. The second-order valence-corrected chi connectivity index (χ2v) is 8.61. The molecule has 2 aromatic rings. The summed E-state index contributed by atoms with van der Waals surface area (Å²) in [6.07, 6.45) is 5.31. The molecule has 2 fully saturated rings. The van der Waals surface area contributed by atoms with E-state index in [-0.39, 0.29) is 17.9 Å². The van der Waals surface area contributed by atoms with Gasteiger partial charge in [0.25, 0.3) is 0 Å². The van der Waals surface area contributed by atoms with Crippen molar-refractivity contribution in [3.8, 4) is 0 Å². The Kier molecular flexibility index (Phi) is 4.29. The lowest BCUT2D eigenvalue weighted by Gasteiger charge is -2.27. The van der Waals surface area contributed by atoms with E-state index in [9.17, 15) is 9.59 Å². The lowest BCUT2D eigenvalue weighted by molar-refractivity contribution is -0.139. The number of rotatable bonds is 4. The van der Waals surface area contributed by atoms with E-state index in [0.29, 0.717) is 13.1 Å². The van der Waals surface area contributed by atoms with Crippen LogP contribution in [0.4, 0.5) is 5.69 Å². The van der Waals surface area contributed by atoms with Crippen molar-refractivity contribution in [2.45, 2.75) is 32.1 Å². The second kappa shape index (κ2) is 6.77. The topological polar surface area (TPSA) is 62.7 Å². The van der Waals surface area contributed by atoms with Gasteiger partial charge in [0.05, 0.1) is 36.7 Å². The van der Waals surface area contributed by atoms with Crippen molar-refractivity contribution in [2.24, 2.45) is 11.8 Å². The molecule has 1 aromatic heterocycles. The van der Waals surface area contributed by atoms with Gasteiger partial charge in [0.15, 0.2) is 0 Å². The number of anilines is 1. The van der Waals surface area contributed by atoms with Crippen LogP contribution in [-0.2, 0) is 20.9 Å². The van der Waals surface area contributed by atoms with Crippen LogP contribution in [0.2, 0.25) is 0 Å². The highest BCUT2D eigenvalue weighted by Gasteiger charge is 2.67. The molecule has 3 aliphatic rings. The minimum Gasteiger partial charge on any atom is -0.360 e. The first-order valence-electron chi connectivity index (χ1n) is 10.3. The first-order chi connectivity index (χ1) is 14.4. The number of fused-ring (bicyclic) bond motifs is 1. The number of aryl methyl sites for hydroxylation is 2. The fourth-order valence-corrected chi connectivity index (χ4v) is 4.96. The number of aromatic nitrogens is 1. The molecule has 4 heterocycles. The zero-order valence-corrected chi connectivity index (χ0v) is 17.4. The van der Waals surface area contributed by atoms with Gasteiger partial charge in [0.2, 0.25) is 11.8 Å². The van der Waals surface area contributed by atoms with Crippen molar-refractivity contribution in [2.75, 3.05) is 18.5 Å². The number of hydrogen-bond donors (Lipinski definition) is 0. The van der Waals surface area contributed by atoms with Crippen LogP contribution in [-0.4, -0.2) is 47.0 Å². The molecule has 0 radical (unpaired) electrons. The van der Waals surface area contributed by atoms with Crippen molar-refractivity contribution >= 4 is 17.5 Å². The Morgan fingerprint density at radius 2 is 2.10 bits per heavy atom. The summed E-state index contributed by atoms with van der Waals surface area (Å²) in [5.41, 5.74) is 3.29. The minimum atomic E-state index is -0.716. The van der Waals surface area contributed by atoms with Crippen LogP contribution < -0.4 is 4.90 Å². The Labute approximate surface area is 176 Å². The van der Waals surface area contributed by atoms with Gasteiger partial charge in [-0.1, -0.05) is 24.3 Å². The molecule has 1 spiro atoms. The van der Waals surface area contributed by atoms with Gasteiger partial charge in [-0.05, 0) is 49.2 Å². The predicted octanol–water partition coefficient (Wildman–Crippen LogP) is 2.64.